The molecule has 4 amide bonds. The number of imide groups is 2. The summed E-state index contributed by atoms with van der Waals surface area (Å²) in [6.07, 6.45) is 10.9. The Hall–Kier alpha value is -1.69. The van der Waals surface area contributed by atoms with E-state index in [1.54, 1.807) is 6.08 Å². The van der Waals surface area contributed by atoms with Gasteiger partial charge in [0, 0.05) is 12.6 Å². The van der Waals surface area contributed by atoms with Gasteiger partial charge in [-0.15, -0.1) is 0 Å². The molecule has 4 unspecified atom stereocenters. The molecule has 0 spiro atoms. The van der Waals surface area contributed by atoms with Crippen LogP contribution >= 0.6 is 0 Å². The molecule has 6 heteroatoms. The van der Waals surface area contributed by atoms with Crippen molar-refractivity contribution < 1.29 is 19.1 Å². The third kappa shape index (κ3) is 3.12. The summed E-state index contributed by atoms with van der Waals surface area (Å²) in [5.74, 6) is -0.0241. The highest BCUT2D eigenvalue weighted by molar-refractivity contribution is 6.28. The zero-order valence-electron chi connectivity index (χ0n) is 14.5. The molecule has 2 aliphatic heterocycles. The lowest BCUT2D eigenvalue weighted by Gasteiger charge is -2.46. The second-order valence-corrected chi connectivity index (χ2v) is 7.77. The zero-order chi connectivity index (χ0) is 17.4. The van der Waals surface area contributed by atoms with Gasteiger partial charge >= 0.3 is 6.03 Å². The number of hydrogen-bond acceptors (Lipinski definition) is 4. The van der Waals surface area contributed by atoms with E-state index < -0.39 is 17.8 Å². The molecule has 2 saturated heterocycles. The maximum absolute atomic E-state index is 13.0. The van der Waals surface area contributed by atoms with Crippen LogP contribution < -0.4 is 5.32 Å². The zero-order valence-corrected chi connectivity index (χ0v) is 14.5. The van der Waals surface area contributed by atoms with Crippen LogP contribution in [0.4, 0.5) is 4.79 Å². The van der Waals surface area contributed by atoms with Gasteiger partial charge < -0.3 is 4.74 Å². The Kier molecular flexibility index (Phi) is 4.63. The molecule has 25 heavy (non-hydrogen) atoms. The highest BCUT2D eigenvalue weighted by Gasteiger charge is 2.46. The Bertz CT molecular complexity index is 607. The summed E-state index contributed by atoms with van der Waals surface area (Å²) in [4.78, 5) is 39.1. The highest BCUT2D eigenvalue weighted by Crippen LogP contribution is 2.43. The third-order valence-electron chi connectivity index (χ3n) is 6.32. The van der Waals surface area contributed by atoms with Crippen molar-refractivity contribution in [3.8, 4) is 0 Å². The topological polar surface area (TPSA) is 75.7 Å². The monoisotopic (exact) mass is 346 g/mol. The van der Waals surface area contributed by atoms with Gasteiger partial charge in [-0.2, -0.15) is 0 Å². The van der Waals surface area contributed by atoms with Crippen molar-refractivity contribution in [3.63, 3.8) is 0 Å². The van der Waals surface area contributed by atoms with Crippen LogP contribution in [0.2, 0.25) is 0 Å². The van der Waals surface area contributed by atoms with Crippen LogP contribution in [-0.4, -0.2) is 41.5 Å². The minimum Gasteiger partial charge on any atom is -0.374 e. The SMILES string of the molecule is O=C1NC(=O)N(C2CCCC3CCCCC32)C(=O)/C1=C\C1CCCO1. The quantitative estimate of drug-likeness (QED) is 0.616. The van der Waals surface area contributed by atoms with E-state index in [0.29, 0.717) is 18.4 Å². The highest BCUT2D eigenvalue weighted by atomic mass is 16.5. The molecular weight excluding hydrogens is 320 g/mol. The van der Waals surface area contributed by atoms with E-state index in [1.165, 1.54) is 30.6 Å². The summed E-state index contributed by atoms with van der Waals surface area (Å²) in [7, 11) is 0. The minimum absolute atomic E-state index is 0.0735. The number of amides is 4. The van der Waals surface area contributed by atoms with Gasteiger partial charge in [-0.3, -0.25) is 19.8 Å². The van der Waals surface area contributed by atoms with Crippen LogP contribution in [0.3, 0.4) is 0 Å². The molecule has 136 valence electrons. The molecule has 2 heterocycles. The maximum Gasteiger partial charge on any atom is 0.331 e. The predicted molar refractivity (Wildman–Crippen MR) is 90.5 cm³/mol. The Balaban J connectivity index is 1.60. The first-order valence-corrected chi connectivity index (χ1v) is 9.67. The molecule has 0 bridgehead atoms. The smallest absolute Gasteiger partial charge is 0.331 e. The average Bonchev–Trinajstić information content (AvgIpc) is 3.12. The first kappa shape index (κ1) is 16.8. The van der Waals surface area contributed by atoms with Gasteiger partial charge in [0.1, 0.15) is 5.57 Å². The molecule has 2 saturated carbocycles. The van der Waals surface area contributed by atoms with Crippen LogP contribution in [0.25, 0.3) is 0 Å². The fraction of sp³-hybridized carbons (Fsp3) is 0.737. The normalized spacial score (nSPS) is 38.0. The lowest BCUT2D eigenvalue weighted by Crippen LogP contribution is -2.61. The van der Waals surface area contributed by atoms with Gasteiger partial charge in [-0.25, -0.2) is 4.79 Å². The maximum atomic E-state index is 13.0. The standard InChI is InChI=1S/C19H26N2O4/c22-17-15(11-13-7-4-10-25-13)18(23)21(19(24)20-17)16-9-3-6-12-5-1-2-8-14(12)16/h11-14,16H,1-10H2,(H,20,22,24)/b15-11-. The molecule has 0 aromatic rings. The number of nitrogens with one attached hydrogen (secondary N) is 1. The Morgan fingerprint density at radius 1 is 0.960 bits per heavy atom. The van der Waals surface area contributed by atoms with Gasteiger partial charge in [-0.1, -0.05) is 32.1 Å². The van der Waals surface area contributed by atoms with E-state index >= 15 is 0 Å². The van der Waals surface area contributed by atoms with Crippen LogP contribution in [0.15, 0.2) is 11.6 Å². The molecule has 4 rings (SSSR count). The Labute approximate surface area is 148 Å². The average molecular weight is 346 g/mol. The minimum atomic E-state index is -0.585. The Morgan fingerprint density at radius 3 is 2.56 bits per heavy atom. The third-order valence-corrected chi connectivity index (χ3v) is 6.32. The van der Waals surface area contributed by atoms with E-state index in [4.69, 9.17) is 4.74 Å². The Morgan fingerprint density at radius 2 is 1.76 bits per heavy atom. The van der Waals surface area contributed by atoms with Crippen molar-refractivity contribution in [2.45, 2.75) is 69.9 Å². The van der Waals surface area contributed by atoms with E-state index in [-0.39, 0.29) is 17.7 Å². The van der Waals surface area contributed by atoms with Gasteiger partial charge in [-0.05, 0) is 43.6 Å². The van der Waals surface area contributed by atoms with Crippen molar-refractivity contribution in [1.82, 2.24) is 10.2 Å². The van der Waals surface area contributed by atoms with Crippen molar-refractivity contribution in [2.24, 2.45) is 11.8 Å². The van der Waals surface area contributed by atoms with Crippen molar-refractivity contribution >= 4 is 17.8 Å². The molecule has 4 atom stereocenters. The fourth-order valence-corrected chi connectivity index (χ4v) is 5.14. The second-order valence-electron chi connectivity index (χ2n) is 7.77. The number of hydrogen-bond donors (Lipinski definition) is 1. The predicted octanol–water partition coefficient (Wildman–Crippen LogP) is 2.53. The number of fused-ring (bicyclic) bond motifs is 1. The number of nitrogens with zero attached hydrogens (tertiary/aromatic N) is 1. The summed E-state index contributed by atoms with van der Waals surface area (Å²) in [5, 5.41) is 2.38. The summed E-state index contributed by atoms with van der Waals surface area (Å²) < 4.78 is 5.53. The summed E-state index contributed by atoms with van der Waals surface area (Å²) in [6.45, 7) is 0.652. The van der Waals surface area contributed by atoms with Crippen molar-refractivity contribution in [1.29, 1.82) is 0 Å². The van der Waals surface area contributed by atoms with Crippen LogP contribution in [-0.2, 0) is 14.3 Å². The largest absolute Gasteiger partial charge is 0.374 e. The number of rotatable bonds is 2. The van der Waals surface area contributed by atoms with Crippen molar-refractivity contribution in [3.05, 3.63) is 11.6 Å². The fourth-order valence-electron chi connectivity index (χ4n) is 5.14. The van der Waals surface area contributed by atoms with Gasteiger partial charge in [0.25, 0.3) is 11.8 Å². The molecule has 4 aliphatic rings. The molecule has 0 radical (unpaired) electrons. The molecule has 0 aromatic heterocycles. The number of ether oxygens (including phenoxy) is 1. The molecule has 0 aromatic carbocycles. The van der Waals surface area contributed by atoms with Crippen LogP contribution in [0.1, 0.15) is 57.8 Å². The molecule has 2 aliphatic carbocycles. The van der Waals surface area contributed by atoms with Crippen LogP contribution in [0, 0.1) is 11.8 Å². The molecule has 6 nitrogen and oxygen atoms in total. The van der Waals surface area contributed by atoms with E-state index in [1.807, 2.05) is 0 Å². The van der Waals surface area contributed by atoms with E-state index in [9.17, 15) is 14.4 Å². The lowest BCUT2D eigenvalue weighted by molar-refractivity contribution is -0.134. The summed E-state index contributed by atoms with van der Waals surface area (Å²) in [6, 6.07) is -0.622. The van der Waals surface area contributed by atoms with E-state index in [2.05, 4.69) is 5.32 Å². The first-order valence-electron chi connectivity index (χ1n) is 9.67. The van der Waals surface area contributed by atoms with E-state index in [0.717, 1.165) is 32.1 Å². The molecule has 1 N–H and O–H groups in total. The van der Waals surface area contributed by atoms with Crippen molar-refractivity contribution in [2.75, 3.05) is 6.61 Å². The first-order chi connectivity index (χ1) is 12.1. The number of carbonyl (C=O) groups is 3. The number of urea groups is 1. The molecular formula is C19H26N2O4. The van der Waals surface area contributed by atoms with Crippen LogP contribution in [0.5, 0.6) is 0 Å². The summed E-state index contributed by atoms with van der Waals surface area (Å²) in [5.41, 5.74) is 0.0735. The van der Waals surface area contributed by atoms with Gasteiger partial charge in [0.05, 0.1) is 6.10 Å². The summed E-state index contributed by atoms with van der Waals surface area (Å²) >= 11 is 0. The number of barbiturate groups is 1. The lowest BCUT2D eigenvalue weighted by atomic mass is 9.68. The van der Waals surface area contributed by atoms with Gasteiger partial charge in [0.2, 0.25) is 0 Å². The number of carbonyl (C=O) groups excluding carboxylic acids is 3. The second kappa shape index (κ2) is 6.90. The molecule has 4 fully saturated rings. The van der Waals surface area contributed by atoms with Gasteiger partial charge in [0.15, 0.2) is 0 Å².